The Morgan fingerprint density at radius 2 is 1.68 bits per heavy atom. The van der Waals surface area contributed by atoms with Gasteiger partial charge in [0, 0.05) is 31.5 Å². The normalized spacial score (nSPS) is 22.1. The summed E-state index contributed by atoms with van der Waals surface area (Å²) < 4.78 is 0. The number of carbonyl (C=O) groups excluding carboxylic acids is 3. The van der Waals surface area contributed by atoms with Crippen LogP contribution in [0.3, 0.4) is 0 Å². The number of likely N-dealkylation sites (tertiary alicyclic amines) is 1. The van der Waals surface area contributed by atoms with Crippen LogP contribution in [-0.2, 0) is 14.4 Å². The maximum Gasteiger partial charge on any atom is 0.236 e. The average Bonchev–Trinajstić information content (AvgIpc) is 2.56. The third-order valence-electron chi connectivity index (χ3n) is 5.88. The molecule has 0 radical (unpaired) electrons. The molecule has 1 aromatic rings. The van der Waals surface area contributed by atoms with Crippen LogP contribution in [0.4, 0.5) is 0 Å². The van der Waals surface area contributed by atoms with Gasteiger partial charge < -0.3 is 4.90 Å². The molecular weight excluding hydrogens is 352 g/mol. The molecule has 1 saturated carbocycles. The fourth-order valence-electron chi connectivity index (χ4n) is 4.50. The van der Waals surface area contributed by atoms with E-state index < -0.39 is 5.92 Å². The number of hydrogen-bond acceptors (Lipinski definition) is 4. The van der Waals surface area contributed by atoms with Gasteiger partial charge in [-0.2, -0.15) is 5.26 Å². The Bertz CT molecular complexity index is 898. The Morgan fingerprint density at radius 3 is 2.18 bits per heavy atom. The number of carbonyl (C=O) groups is 3. The topological polar surface area (TPSA) is 78.2 Å². The lowest BCUT2D eigenvalue weighted by atomic mass is 9.69. The van der Waals surface area contributed by atoms with Gasteiger partial charge in [-0.1, -0.05) is 5.92 Å². The number of nitrogens with zero attached hydrogens (tertiary/aromatic N) is 2. The van der Waals surface area contributed by atoms with Crippen molar-refractivity contribution >= 4 is 17.5 Å². The Labute approximate surface area is 165 Å². The molecule has 0 unspecified atom stereocenters. The quantitative estimate of drug-likeness (QED) is 0.600. The Kier molecular flexibility index (Phi) is 5.66. The SMILES string of the molecule is CC#Cc1cc(C)c(C2C(=O)CC(C3CN(C(=O)CC#N)C3)CC2=O)c(C)c1. The molecule has 0 N–H and O–H groups in total. The van der Waals surface area contributed by atoms with Gasteiger partial charge in [-0.25, -0.2) is 0 Å². The van der Waals surface area contributed by atoms with Crippen LogP contribution < -0.4 is 0 Å². The molecule has 28 heavy (non-hydrogen) atoms. The molecule has 1 aliphatic heterocycles. The van der Waals surface area contributed by atoms with Crippen LogP contribution in [0.15, 0.2) is 12.1 Å². The number of rotatable bonds is 3. The molecule has 0 atom stereocenters. The van der Waals surface area contributed by atoms with Crippen LogP contribution in [0, 0.1) is 48.9 Å². The zero-order chi connectivity index (χ0) is 20.4. The maximum absolute atomic E-state index is 12.9. The molecule has 5 nitrogen and oxygen atoms in total. The van der Waals surface area contributed by atoms with E-state index in [9.17, 15) is 14.4 Å². The molecule has 3 rings (SSSR count). The minimum absolute atomic E-state index is 0.00627. The third kappa shape index (κ3) is 3.71. The number of aryl methyl sites for hydroxylation is 2. The van der Waals surface area contributed by atoms with Crippen molar-refractivity contribution in [3.05, 3.63) is 34.4 Å². The van der Waals surface area contributed by atoms with Gasteiger partial charge in [0.25, 0.3) is 0 Å². The maximum atomic E-state index is 12.9. The van der Waals surface area contributed by atoms with Crippen molar-refractivity contribution in [2.45, 2.75) is 46.0 Å². The molecule has 1 aliphatic carbocycles. The molecule has 1 heterocycles. The number of Topliss-reactive ketones (excluding diaryl/α,β-unsaturated/α-hetero) is 2. The van der Waals surface area contributed by atoms with Crippen LogP contribution in [0.1, 0.15) is 54.4 Å². The number of benzene rings is 1. The van der Waals surface area contributed by atoms with Crippen molar-refractivity contribution in [2.24, 2.45) is 11.8 Å². The van der Waals surface area contributed by atoms with Crippen LogP contribution in [-0.4, -0.2) is 35.5 Å². The van der Waals surface area contributed by atoms with Crippen molar-refractivity contribution in [2.75, 3.05) is 13.1 Å². The monoisotopic (exact) mass is 376 g/mol. The summed E-state index contributed by atoms with van der Waals surface area (Å²) >= 11 is 0. The molecule has 1 saturated heterocycles. The van der Waals surface area contributed by atoms with Crippen LogP contribution in [0.2, 0.25) is 0 Å². The first-order chi connectivity index (χ1) is 13.3. The highest BCUT2D eigenvalue weighted by atomic mass is 16.2. The second-order valence-corrected chi connectivity index (χ2v) is 7.83. The van der Waals surface area contributed by atoms with E-state index in [0.717, 1.165) is 22.3 Å². The molecule has 5 heteroatoms. The zero-order valence-corrected chi connectivity index (χ0v) is 16.5. The van der Waals surface area contributed by atoms with Gasteiger partial charge >= 0.3 is 0 Å². The van der Waals surface area contributed by atoms with Gasteiger partial charge in [-0.05, 0) is 61.4 Å². The van der Waals surface area contributed by atoms with E-state index in [1.807, 2.05) is 32.0 Å². The summed E-state index contributed by atoms with van der Waals surface area (Å²) in [6.07, 6.45) is 0.627. The van der Waals surface area contributed by atoms with E-state index in [2.05, 4.69) is 11.8 Å². The van der Waals surface area contributed by atoms with Gasteiger partial charge in [0.2, 0.25) is 5.91 Å². The molecule has 1 aromatic carbocycles. The van der Waals surface area contributed by atoms with E-state index >= 15 is 0 Å². The zero-order valence-electron chi connectivity index (χ0n) is 16.5. The molecule has 0 aromatic heterocycles. The molecule has 0 spiro atoms. The number of hydrogen-bond donors (Lipinski definition) is 0. The van der Waals surface area contributed by atoms with E-state index in [-0.39, 0.29) is 35.7 Å². The Hall–Kier alpha value is -2.92. The minimum Gasteiger partial charge on any atom is -0.341 e. The fourth-order valence-corrected chi connectivity index (χ4v) is 4.50. The fraction of sp³-hybridized carbons (Fsp3) is 0.478. The Morgan fingerprint density at radius 1 is 1.11 bits per heavy atom. The summed E-state index contributed by atoms with van der Waals surface area (Å²) in [5.74, 6) is 5.16. The minimum atomic E-state index is -0.684. The summed E-state index contributed by atoms with van der Waals surface area (Å²) in [4.78, 5) is 39.2. The molecule has 2 aliphatic rings. The third-order valence-corrected chi connectivity index (χ3v) is 5.88. The Balaban J connectivity index is 1.73. The molecule has 1 amide bonds. The second-order valence-electron chi connectivity index (χ2n) is 7.83. The lowest BCUT2D eigenvalue weighted by Crippen LogP contribution is -2.54. The first kappa shape index (κ1) is 19.8. The highest BCUT2D eigenvalue weighted by molar-refractivity contribution is 6.10. The van der Waals surface area contributed by atoms with E-state index in [4.69, 9.17) is 5.26 Å². The number of nitriles is 1. The second kappa shape index (κ2) is 7.98. The first-order valence-corrected chi connectivity index (χ1v) is 9.59. The van der Waals surface area contributed by atoms with E-state index in [1.54, 1.807) is 11.8 Å². The molecular formula is C23H24N2O3. The predicted octanol–water partition coefficient (Wildman–Crippen LogP) is 2.68. The predicted molar refractivity (Wildman–Crippen MR) is 104 cm³/mol. The van der Waals surface area contributed by atoms with Gasteiger partial charge in [0.05, 0.1) is 6.07 Å². The van der Waals surface area contributed by atoms with Crippen LogP contribution >= 0.6 is 0 Å². The molecule has 2 fully saturated rings. The van der Waals surface area contributed by atoms with Crippen molar-refractivity contribution in [3.63, 3.8) is 0 Å². The summed E-state index contributed by atoms with van der Waals surface area (Å²) in [5, 5.41) is 8.62. The summed E-state index contributed by atoms with van der Waals surface area (Å²) in [7, 11) is 0. The summed E-state index contributed by atoms with van der Waals surface area (Å²) in [6.45, 7) is 6.72. The summed E-state index contributed by atoms with van der Waals surface area (Å²) in [6, 6.07) is 5.74. The van der Waals surface area contributed by atoms with Crippen molar-refractivity contribution in [1.29, 1.82) is 5.26 Å². The lowest BCUT2D eigenvalue weighted by molar-refractivity contribution is -0.140. The largest absolute Gasteiger partial charge is 0.341 e. The standard InChI is InChI=1S/C23H24N2O3/c1-4-5-16-8-14(2)22(15(3)9-16)23-19(26)10-17(11-20(23)27)18-12-25(13-18)21(28)6-7-24/h8-9,17-18,23H,6,10-13H2,1-3H3. The van der Waals surface area contributed by atoms with Crippen molar-refractivity contribution < 1.29 is 14.4 Å². The van der Waals surface area contributed by atoms with Crippen molar-refractivity contribution in [1.82, 2.24) is 4.90 Å². The van der Waals surface area contributed by atoms with Gasteiger partial charge in [-0.3, -0.25) is 14.4 Å². The molecule has 0 bridgehead atoms. The van der Waals surface area contributed by atoms with E-state index in [1.165, 1.54) is 0 Å². The number of amides is 1. The van der Waals surface area contributed by atoms with Crippen LogP contribution in [0.5, 0.6) is 0 Å². The van der Waals surface area contributed by atoms with Crippen molar-refractivity contribution in [3.8, 4) is 17.9 Å². The molecule has 144 valence electrons. The van der Waals surface area contributed by atoms with Gasteiger partial charge in [-0.15, -0.1) is 5.92 Å². The summed E-state index contributed by atoms with van der Waals surface area (Å²) in [5.41, 5.74) is 3.58. The first-order valence-electron chi connectivity index (χ1n) is 9.59. The van der Waals surface area contributed by atoms with E-state index in [0.29, 0.717) is 25.9 Å². The smallest absolute Gasteiger partial charge is 0.236 e. The lowest BCUT2D eigenvalue weighted by Gasteiger charge is -2.44. The van der Waals surface area contributed by atoms with Crippen LogP contribution in [0.25, 0.3) is 0 Å². The highest BCUT2D eigenvalue weighted by Gasteiger charge is 2.44. The van der Waals surface area contributed by atoms with Gasteiger partial charge in [0.1, 0.15) is 23.9 Å². The highest BCUT2D eigenvalue weighted by Crippen LogP contribution is 2.39. The number of ketones is 2. The average molecular weight is 376 g/mol. The van der Waals surface area contributed by atoms with Gasteiger partial charge in [0.15, 0.2) is 0 Å².